The molecule has 5 nitrogen and oxygen atoms in total. The van der Waals surface area contributed by atoms with Gasteiger partial charge < -0.3 is 5.32 Å². The Kier molecular flexibility index (Phi) is 6.37. The Labute approximate surface area is 153 Å². The fourth-order valence-electron chi connectivity index (χ4n) is 2.27. The molecule has 0 fully saturated rings. The van der Waals surface area contributed by atoms with Gasteiger partial charge in [-0.25, -0.2) is 12.8 Å². The third kappa shape index (κ3) is 4.60. The standard InChI is InChI=1S/C19H23FN2O3S/c1-14(2)15(3)21-19(23)13-22(18-12-8-7-11-17(18)20)26(24,25)16-9-5-4-6-10-16/h4-12,14-15H,13H2,1-3H3,(H,21,23)/t15-/m1/s1. The number of hydrogen-bond acceptors (Lipinski definition) is 3. The van der Waals surface area contributed by atoms with E-state index in [9.17, 15) is 17.6 Å². The highest BCUT2D eigenvalue weighted by molar-refractivity contribution is 7.92. The first-order valence-corrected chi connectivity index (χ1v) is 9.79. The largest absolute Gasteiger partial charge is 0.352 e. The number of benzene rings is 2. The fourth-order valence-corrected chi connectivity index (χ4v) is 3.72. The van der Waals surface area contributed by atoms with Crippen molar-refractivity contribution in [2.24, 2.45) is 5.92 Å². The number of para-hydroxylation sites is 1. The van der Waals surface area contributed by atoms with Crippen molar-refractivity contribution in [2.45, 2.75) is 31.7 Å². The molecule has 140 valence electrons. The minimum Gasteiger partial charge on any atom is -0.352 e. The molecule has 1 amide bonds. The summed E-state index contributed by atoms with van der Waals surface area (Å²) in [6, 6.07) is 13.0. The molecule has 0 aliphatic rings. The van der Waals surface area contributed by atoms with E-state index in [0.717, 1.165) is 10.4 Å². The number of nitrogens with zero attached hydrogens (tertiary/aromatic N) is 1. The van der Waals surface area contributed by atoms with Crippen molar-refractivity contribution in [2.75, 3.05) is 10.8 Å². The first kappa shape index (κ1) is 19.9. The van der Waals surface area contributed by atoms with Crippen LogP contribution in [0.25, 0.3) is 0 Å². The molecule has 1 atom stereocenters. The number of halogens is 1. The quantitative estimate of drug-likeness (QED) is 0.805. The lowest BCUT2D eigenvalue weighted by Gasteiger charge is -2.26. The maximum atomic E-state index is 14.3. The van der Waals surface area contributed by atoms with Crippen molar-refractivity contribution in [1.82, 2.24) is 5.32 Å². The van der Waals surface area contributed by atoms with Crippen LogP contribution in [0.15, 0.2) is 59.5 Å². The highest BCUT2D eigenvalue weighted by Crippen LogP contribution is 2.26. The number of carbonyl (C=O) groups excluding carboxylic acids is 1. The molecule has 0 unspecified atom stereocenters. The molecule has 0 radical (unpaired) electrons. The molecular weight excluding hydrogens is 355 g/mol. The highest BCUT2D eigenvalue weighted by Gasteiger charge is 2.29. The highest BCUT2D eigenvalue weighted by atomic mass is 32.2. The number of carbonyl (C=O) groups is 1. The van der Waals surface area contributed by atoms with Gasteiger partial charge in [0, 0.05) is 6.04 Å². The average Bonchev–Trinajstić information content (AvgIpc) is 2.61. The predicted molar refractivity (Wildman–Crippen MR) is 99.8 cm³/mol. The van der Waals surface area contributed by atoms with Gasteiger partial charge in [-0.15, -0.1) is 0 Å². The van der Waals surface area contributed by atoms with E-state index in [2.05, 4.69) is 5.32 Å². The molecule has 7 heteroatoms. The number of rotatable bonds is 7. The van der Waals surface area contributed by atoms with Gasteiger partial charge in [0.2, 0.25) is 5.91 Å². The molecule has 2 aromatic carbocycles. The maximum Gasteiger partial charge on any atom is 0.264 e. The van der Waals surface area contributed by atoms with E-state index in [4.69, 9.17) is 0 Å². The average molecular weight is 378 g/mol. The van der Waals surface area contributed by atoms with Gasteiger partial charge >= 0.3 is 0 Å². The summed E-state index contributed by atoms with van der Waals surface area (Å²) in [4.78, 5) is 12.4. The van der Waals surface area contributed by atoms with E-state index < -0.39 is 28.3 Å². The minimum atomic E-state index is -4.10. The van der Waals surface area contributed by atoms with Crippen molar-refractivity contribution in [3.05, 3.63) is 60.4 Å². The van der Waals surface area contributed by atoms with E-state index in [0.29, 0.717) is 0 Å². The molecular formula is C19H23FN2O3S. The molecule has 0 saturated heterocycles. The van der Waals surface area contributed by atoms with E-state index in [-0.39, 0.29) is 22.5 Å². The number of anilines is 1. The Morgan fingerprint density at radius 1 is 1.04 bits per heavy atom. The van der Waals surface area contributed by atoms with E-state index in [1.807, 2.05) is 20.8 Å². The Morgan fingerprint density at radius 2 is 1.62 bits per heavy atom. The fraction of sp³-hybridized carbons (Fsp3) is 0.316. The lowest BCUT2D eigenvalue weighted by molar-refractivity contribution is -0.120. The van der Waals surface area contributed by atoms with E-state index in [1.165, 1.54) is 30.3 Å². The topological polar surface area (TPSA) is 66.5 Å². The monoisotopic (exact) mass is 378 g/mol. The van der Waals surface area contributed by atoms with Crippen LogP contribution in [0.2, 0.25) is 0 Å². The Morgan fingerprint density at radius 3 is 2.19 bits per heavy atom. The summed E-state index contributed by atoms with van der Waals surface area (Å²) in [7, 11) is -4.10. The third-order valence-corrected chi connectivity index (χ3v) is 5.90. The second-order valence-electron chi connectivity index (χ2n) is 6.38. The summed E-state index contributed by atoms with van der Waals surface area (Å²) in [6.07, 6.45) is 0. The lowest BCUT2D eigenvalue weighted by atomic mass is 10.1. The first-order chi connectivity index (χ1) is 12.2. The van der Waals surface area contributed by atoms with Crippen LogP contribution in [-0.4, -0.2) is 26.9 Å². The Bertz CT molecular complexity index is 854. The van der Waals surface area contributed by atoms with Crippen molar-refractivity contribution in [3.63, 3.8) is 0 Å². The van der Waals surface area contributed by atoms with E-state index >= 15 is 0 Å². The zero-order chi connectivity index (χ0) is 19.3. The zero-order valence-electron chi connectivity index (χ0n) is 15.0. The van der Waals surface area contributed by atoms with Crippen LogP contribution in [0.5, 0.6) is 0 Å². The SMILES string of the molecule is CC(C)[C@@H](C)NC(=O)CN(c1ccccc1F)S(=O)(=O)c1ccccc1. The summed E-state index contributed by atoms with van der Waals surface area (Å²) in [6.45, 7) is 5.22. The molecule has 2 aromatic rings. The third-order valence-electron chi connectivity index (χ3n) is 4.13. The first-order valence-electron chi connectivity index (χ1n) is 8.35. The number of amides is 1. The van der Waals surface area contributed by atoms with Gasteiger partial charge in [-0.2, -0.15) is 0 Å². The minimum absolute atomic E-state index is 0.00652. The van der Waals surface area contributed by atoms with Crippen LogP contribution in [0.4, 0.5) is 10.1 Å². The van der Waals surface area contributed by atoms with Crippen LogP contribution >= 0.6 is 0 Å². The summed E-state index contributed by atoms with van der Waals surface area (Å²) >= 11 is 0. The van der Waals surface area contributed by atoms with Crippen LogP contribution in [-0.2, 0) is 14.8 Å². The van der Waals surface area contributed by atoms with Crippen molar-refractivity contribution < 1.29 is 17.6 Å². The number of hydrogen-bond donors (Lipinski definition) is 1. The van der Waals surface area contributed by atoms with Crippen molar-refractivity contribution >= 4 is 21.6 Å². The zero-order valence-corrected chi connectivity index (χ0v) is 15.8. The number of nitrogens with one attached hydrogen (secondary N) is 1. The Balaban J connectivity index is 2.41. The van der Waals surface area contributed by atoms with Gasteiger partial charge in [-0.05, 0) is 37.1 Å². The summed E-state index contributed by atoms with van der Waals surface area (Å²) in [5, 5.41) is 2.76. The van der Waals surface area contributed by atoms with Crippen LogP contribution < -0.4 is 9.62 Å². The van der Waals surface area contributed by atoms with Crippen LogP contribution in [0.1, 0.15) is 20.8 Å². The van der Waals surface area contributed by atoms with Crippen molar-refractivity contribution in [1.29, 1.82) is 0 Å². The maximum absolute atomic E-state index is 14.3. The van der Waals surface area contributed by atoms with E-state index in [1.54, 1.807) is 18.2 Å². The molecule has 0 heterocycles. The summed E-state index contributed by atoms with van der Waals surface area (Å²) in [5.74, 6) is -1.02. The summed E-state index contributed by atoms with van der Waals surface area (Å²) in [5.41, 5.74) is -0.163. The van der Waals surface area contributed by atoms with Gasteiger partial charge in [-0.1, -0.05) is 44.2 Å². The van der Waals surface area contributed by atoms with Crippen LogP contribution in [0.3, 0.4) is 0 Å². The van der Waals surface area contributed by atoms with Crippen molar-refractivity contribution in [3.8, 4) is 0 Å². The summed E-state index contributed by atoms with van der Waals surface area (Å²) < 4.78 is 41.1. The molecule has 0 aromatic heterocycles. The van der Waals surface area contributed by atoms with Gasteiger partial charge in [0.25, 0.3) is 10.0 Å². The smallest absolute Gasteiger partial charge is 0.264 e. The van der Waals surface area contributed by atoms with Crippen LogP contribution in [0, 0.1) is 11.7 Å². The molecule has 0 bridgehead atoms. The molecule has 26 heavy (non-hydrogen) atoms. The lowest BCUT2D eigenvalue weighted by Crippen LogP contribution is -2.45. The second kappa shape index (κ2) is 8.31. The van der Waals surface area contributed by atoms with Gasteiger partial charge in [0.05, 0.1) is 10.6 Å². The molecule has 0 aliphatic carbocycles. The number of sulfonamides is 1. The molecule has 0 spiro atoms. The molecule has 1 N–H and O–H groups in total. The van der Waals surface area contributed by atoms with Gasteiger partial charge in [0.15, 0.2) is 0 Å². The molecule has 0 aliphatic heterocycles. The molecule has 2 rings (SSSR count). The predicted octanol–water partition coefficient (Wildman–Crippen LogP) is 3.18. The Hall–Kier alpha value is -2.41. The van der Waals surface area contributed by atoms with Gasteiger partial charge in [0.1, 0.15) is 12.4 Å². The normalized spacial score (nSPS) is 12.7. The molecule has 0 saturated carbocycles. The van der Waals surface area contributed by atoms with Gasteiger partial charge in [-0.3, -0.25) is 9.10 Å². The second-order valence-corrected chi connectivity index (χ2v) is 8.24.